The predicted molar refractivity (Wildman–Crippen MR) is 89.5 cm³/mol. The Morgan fingerprint density at radius 3 is 2.36 bits per heavy atom. The van der Waals surface area contributed by atoms with Gasteiger partial charge in [-0.25, -0.2) is 17.6 Å². The molecule has 0 atom stereocenters. The van der Waals surface area contributed by atoms with Crippen LogP contribution in [0.3, 0.4) is 0 Å². The number of benzene rings is 2. The number of amides is 1. The molecular formula is C17H16FNO5S. The third kappa shape index (κ3) is 4.87. The van der Waals surface area contributed by atoms with E-state index >= 15 is 0 Å². The van der Waals surface area contributed by atoms with Crippen LogP contribution in [0.2, 0.25) is 0 Å². The van der Waals surface area contributed by atoms with Crippen molar-refractivity contribution in [3.05, 3.63) is 59.9 Å². The number of carbonyl (C=O) groups excluding carboxylic acids is 2. The number of rotatable bonds is 6. The Bertz CT molecular complexity index is 878. The fourth-order valence-electron chi connectivity index (χ4n) is 2.00. The molecule has 0 saturated carbocycles. The molecular weight excluding hydrogens is 349 g/mol. The van der Waals surface area contributed by atoms with Crippen LogP contribution in [0.4, 0.5) is 10.1 Å². The van der Waals surface area contributed by atoms with E-state index in [9.17, 15) is 22.4 Å². The quantitative estimate of drug-likeness (QED) is 0.794. The average Bonchev–Trinajstić information content (AvgIpc) is 2.61. The van der Waals surface area contributed by atoms with E-state index in [0.29, 0.717) is 5.69 Å². The van der Waals surface area contributed by atoms with Crippen LogP contribution in [-0.2, 0) is 19.4 Å². The van der Waals surface area contributed by atoms with Crippen LogP contribution in [0.5, 0.6) is 0 Å². The number of carbonyl (C=O) groups is 2. The molecule has 132 valence electrons. The third-order valence-corrected chi connectivity index (χ3v) is 5.07. The van der Waals surface area contributed by atoms with Crippen molar-refractivity contribution in [1.29, 1.82) is 0 Å². The van der Waals surface area contributed by atoms with Crippen molar-refractivity contribution in [3.63, 3.8) is 0 Å². The number of hydrogen-bond acceptors (Lipinski definition) is 5. The van der Waals surface area contributed by atoms with E-state index in [1.807, 2.05) is 0 Å². The molecule has 0 radical (unpaired) electrons. The van der Waals surface area contributed by atoms with Crippen LogP contribution in [-0.4, -0.2) is 32.7 Å². The molecule has 0 aliphatic carbocycles. The fourth-order valence-corrected chi connectivity index (χ4v) is 3.08. The van der Waals surface area contributed by atoms with Crippen LogP contribution in [0.25, 0.3) is 0 Å². The van der Waals surface area contributed by atoms with Crippen molar-refractivity contribution in [2.75, 3.05) is 17.7 Å². The van der Waals surface area contributed by atoms with Gasteiger partial charge in [-0.3, -0.25) is 4.79 Å². The van der Waals surface area contributed by atoms with Crippen LogP contribution in [0.1, 0.15) is 17.3 Å². The number of sulfone groups is 1. The predicted octanol–water partition coefficient (Wildman–Crippen LogP) is 2.41. The first-order chi connectivity index (χ1) is 11.8. The lowest BCUT2D eigenvalue weighted by Gasteiger charge is -2.10. The van der Waals surface area contributed by atoms with Gasteiger partial charge in [0, 0.05) is 5.69 Å². The minimum Gasteiger partial charge on any atom is -0.452 e. The van der Waals surface area contributed by atoms with Gasteiger partial charge in [0.05, 0.1) is 16.2 Å². The van der Waals surface area contributed by atoms with Gasteiger partial charge in [0.15, 0.2) is 16.4 Å². The molecule has 1 N–H and O–H groups in total. The maximum Gasteiger partial charge on any atom is 0.339 e. The van der Waals surface area contributed by atoms with E-state index in [1.54, 1.807) is 0 Å². The Morgan fingerprint density at radius 1 is 1.08 bits per heavy atom. The van der Waals surface area contributed by atoms with Crippen molar-refractivity contribution in [3.8, 4) is 0 Å². The first kappa shape index (κ1) is 18.6. The number of halogens is 1. The summed E-state index contributed by atoms with van der Waals surface area (Å²) in [7, 11) is -3.60. The minimum absolute atomic E-state index is 0.126. The number of esters is 1. The zero-order chi connectivity index (χ0) is 18.4. The highest BCUT2D eigenvalue weighted by Gasteiger charge is 2.22. The monoisotopic (exact) mass is 365 g/mol. The van der Waals surface area contributed by atoms with Gasteiger partial charge in [-0.15, -0.1) is 0 Å². The molecule has 2 aromatic carbocycles. The summed E-state index contributed by atoms with van der Waals surface area (Å²) in [4.78, 5) is 23.7. The Kier molecular flexibility index (Phi) is 5.87. The number of hydrogen-bond donors (Lipinski definition) is 1. The number of anilines is 1. The van der Waals surface area contributed by atoms with Gasteiger partial charge in [-0.05, 0) is 36.4 Å². The highest BCUT2D eigenvalue weighted by molar-refractivity contribution is 7.91. The minimum atomic E-state index is -3.60. The van der Waals surface area contributed by atoms with E-state index in [2.05, 4.69) is 5.32 Å². The smallest absolute Gasteiger partial charge is 0.339 e. The molecule has 0 spiro atoms. The van der Waals surface area contributed by atoms with Crippen molar-refractivity contribution < 1.29 is 27.1 Å². The number of ether oxygens (including phenoxy) is 1. The summed E-state index contributed by atoms with van der Waals surface area (Å²) in [5.74, 6) is -2.15. The molecule has 1 amide bonds. The summed E-state index contributed by atoms with van der Waals surface area (Å²) >= 11 is 0. The lowest BCUT2D eigenvalue weighted by molar-refractivity contribution is -0.119. The van der Waals surface area contributed by atoms with Gasteiger partial charge in [-0.1, -0.05) is 19.1 Å². The van der Waals surface area contributed by atoms with E-state index in [4.69, 9.17) is 4.74 Å². The highest BCUT2D eigenvalue weighted by atomic mass is 32.2. The molecule has 0 aliphatic heterocycles. The van der Waals surface area contributed by atoms with Crippen LogP contribution < -0.4 is 5.32 Å². The second kappa shape index (κ2) is 7.89. The van der Waals surface area contributed by atoms with E-state index < -0.39 is 34.1 Å². The molecule has 2 aromatic rings. The standard InChI is InChI=1S/C17H16FNO5S/c1-2-25(22,23)15-6-4-3-5-14(15)17(21)24-11-16(20)19-13-9-7-12(18)8-10-13/h3-10H,2,11H2,1H3,(H,19,20). The fraction of sp³-hybridized carbons (Fsp3) is 0.176. The van der Waals surface area contributed by atoms with Gasteiger partial charge >= 0.3 is 5.97 Å². The largest absolute Gasteiger partial charge is 0.452 e. The maximum atomic E-state index is 12.8. The van der Waals surface area contributed by atoms with Gasteiger partial charge in [0.2, 0.25) is 0 Å². The first-order valence-electron chi connectivity index (χ1n) is 7.38. The van der Waals surface area contributed by atoms with Crippen molar-refractivity contribution in [2.45, 2.75) is 11.8 Å². The zero-order valence-corrected chi connectivity index (χ0v) is 14.2. The van der Waals surface area contributed by atoms with Crippen LogP contribution in [0.15, 0.2) is 53.4 Å². The molecule has 0 unspecified atom stereocenters. The Hall–Kier alpha value is -2.74. The van der Waals surface area contributed by atoms with Crippen LogP contribution >= 0.6 is 0 Å². The maximum absolute atomic E-state index is 12.8. The Balaban J connectivity index is 2.03. The van der Waals surface area contributed by atoms with Gasteiger partial charge in [0.25, 0.3) is 5.91 Å². The SMILES string of the molecule is CCS(=O)(=O)c1ccccc1C(=O)OCC(=O)Nc1ccc(F)cc1. The van der Waals surface area contributed by atoms with E-state index in [1.165, 1.54) is 55.5 Å². The lowest BCUT2D eigenvalue weighted by Crippen LogP contribution is -2.22. The summed E-state index contributed by atoms with van der Waals surface area (Å²) in [5, 5.41) is 2.43. The zero-order valence-electron chi connectivity index (χ0n) is 13.4. The highest BCUT2D eigenvalue weighted by Crippen LogP contribution is 2.18. The number of nitrogens with one attached hydrogen (secondary N) is 1. The second-order valence-electron chi connectivity index (χ2n) is 5.03. The average molecular weight is 365 g/mol. The lowest BCUT2D eigenvalue weighted by atomic mass is 10.2. The summed E-state index contributed by atoms with van der Waals surface area (Å²) < 4.78 is 41.7. The van der Waals surface area contributed by atoms with Crippen molar-refractivity contribution >= 4 is 27.4 Å². The van der Waals surface area contributed by atoms with Gasteiger partial charge in [-0.2, -0.15) is 0 Å². The molecule has 0 bridgehead atoms. The molecule has 0 fully saturated rings. The van der Waals surface area contributed by atoms with Crippen molar-refractivity contribution in [2.24, 2.45) is 0 Å². The summed E-state index contributed by atoms with van der Waals surface area (Å²) in [6.45, 7) is 0.865. The molecule has 25 heavy (non-hydrogen) atoms. The second-order valence-corrected chi connectivity index (χ2v) is 7.28. The summed E-state index contributed by atoms with van der Waals surface area (Å²) in [5.41, 5.74) is 0.218. The molecule has 0 saturated heterocycles. The molecule has 0 aliphatic rings. The van der Waals surface area contributed by atoms with Crippen LogP contribution in [0, 0.1) is 5.82 Å². The first-order valence-corrected chi connectivity index (χ1v) is 9.03. The van der Waals surface area contributed by atoms with Gasteiger partial charge in [0.1, 0.15) is 5.82 Å². The van der Waals surface area contributed by atoms with Crippen molar-refractivity contribution in [1.82, 2.24) is 0 Å². The summed E-state index contributed by atoms with van der Waals surface area (Å²) in [6.07, 6.45) is 0. The summed E-state index contributed by atoms with van der Waals surface area (Å²) in [6, 6.07) is 10.7. The molecule has 0 heterocycles. The Morgan fingerprint density at radius 2 is 1.72 bits per heavy atom. The Labute approximate surface area is 144 Å². The molecule has 0 aromatic heterocycles. The van der Waals surface area contributed by atoms with E-state index in [-0.39, 0.29) is 16.2 Å². The topological polar surface area (TPSA) is 89.5 Å². The third-order valence-electron chi connectivity index (χ3n) is 3.28. The van der Waals surface area contributed by atoms with E-state index in [0.717, 1.165) is 0 Å². The molecule has 6 nitrogen and oxygen atoms in total. The molecule has 8 heteroatoms. The molecule has 2 rings (SSSR count). The normalized spacial score (nSPS) is 11.0. The van der Waals surface area contributed by atoms with Gasteiger partial charge < -0.3 is 10.1 Å².